The van der Waals surface area contributed by atoms with E-state index in [0.717, 1.165) is 0 Å². The molecule has 1 fully saturated rings. The molecule has 1 aromatic rings. The van der Waals surface area contributed by atoms with Crippen LogP contribution in [0.1, 0.15) is 17.0 Å². The number of carbonyl (C=O) groups excluding carboxylic acids is 1. The normalized spacial score (nSPS) is 22.7. The molecule has 104 valence electrons. The Morgan fingerprint density at radius 2 is 2.37 bits per heavy atom. The van der Waals surface area contributed by atoms with E-state index in [1.807, 2.05) is 0 Å². The highest BCUT2D eigenvalue weighted by molar-refractivity contribution is 9.10. The molecule has 0 saturated carbocycles. The lowest BCUT2D eigenvalue weighted by molar-refractivity contribution is -0.151. The molecule has 0 radical (unpaired) electrons. The number of aliphatic carboxylic acids is 1. The summed E-state index contributed by atoms with van der Waals surface area (Å²) in [6, 6.07) is 1.63. The van der Waals surface area contributed by atoms with Crippen LogP contribution in [-0.2, 0) is 9.53 Å². The predicted molar refractivity (Wildman–Crippen MR) is 68.9 cm³/mol. The van der Waals surface area contributed by atoms with Gasteiger partial charge >= 0.3 is 5.97 Å². The average molecular weight is 332 g/mol. The first-order valence-corrected chi connectivity index (χ1v) is 6.54. The number of carbonyl (C=O) groups is 2. The second-order valence-electron chi connectivity index (χ2n) is 4.59. The Bertz CT molecular complexity index is 500. The molecule has 1 saturated heterocycles. The highest BCUT2D eigenvalue weighted by Gasteiger charge is 2.47. The minimum absolute atomic E-state index is 0.0887. The molecule has 1 aromatic heterocycles. The van der Waals surface area contributed by atoms with E-state index in [9.17, 15) is 14.7 Å². The monoisotopic (exact) mass is 331 g/mol. The minimum Gasteiger partial charge on any atom is -0.481 e. The number of ether oxygens (including phenoxy) is 1. The quantitative estimate of drug-likeness (QED) is 0.906. The number of nitrogens with zero attached hydrogens (tertiary/aromatic N) is 1. The summed E-state index contributed by atoms with van der Waals surface area (Å²) in [4.78, 5) is 25.1. The molecular weight excluding hydrogens is 318 g/mol. The number of rotatable bonds is 4. The van der Waals surface area contributed by atoms with E-state index in [4.69, 9.17) is 9.15 Å². The van der Waals surface area contributed by atoms with Gasteiger partial charge in [-0.05, 0) is 28.4 Å². The minimum atomic E-state index is -1.02. The fourth-order valence-corrected chi connectivity index (χ4v) is 2.64. The van der Waals surface area contributed by atoms with Gasteiger partial charge in [0.25, 0.3) is 5.91 Å². The van der Waals surface area contributed by atoms with Crippen LogP contribution in [0, 0.1) is 5.41 Å². The maximum Gasteiger partial charge on any atom is 0.313 e. The van der Waals surface area contributed by atoms with Gasteiger partial charge in [-0.15, -0.1) is 0 Å². The van der Waals surface area contributed by atoms with E-state index in [1.165, 1.54) is 18.3 Å². The number of hydrogen-bond acceptors (Lipinski definition) is 4. The summed E-state index contributed by atoms with van der Waals surface area (Å²) < 4.78 is 10.7. The molecular formula is C12H14BrNO5. The number of halogens is 1. The van der Waals surface area contributed by atoms with Crippen molar-refractivity contribution in [2.24, 2.45) is 5.41 Å². The Kier molecular flexibility index (Phi) is 3.96. The van der Waals surface area contributed by atoms with Crippen molar-refractivity contribution < 1.29 is 23.8 Å². The van der Waals surface area contributed by atoms with Crippen LogP contribution in [0.3, 0.4) is 0 Å². The van der Waals surface area contributed by atoms with Crippen molar-refractivity contribution in [3.63, 3.8) is 0 Å². The number of carboxylic acid groups (broad SMARTS) is 1. The second-order valence-corrected chi connectivity index (χ2v) is 5.45. The van der Waals surface area contributed by atoms with Crippen LogP contribution in [-0.4, -0.2) is 48.7 Å². The SMILES string of the molecule is COCC1(C(=O)O)CCN(C(=O)c2occc2Br)C1. The molecule has 1 aliphatic rings. The zero-order valence-corrected chi connectivity index (χ0v) is 12.0. The first-order chi connectivity index (χ1) is 9.00. The molecule has 0 bridgehead atoms. The number of carboxylic acids is 1. The molecule has 7 heteroatoms. The fourth-order valence-electron chi connectivity index (χ4n) is 2.27. The van der Waals surface area contributed by atoms with E-state index in [-0.39, 0.29) is 24.8 Å². The van der Waals surface area contributed by atoms with E-state index < -0.39 is 11.4 Å². The van der Waals surface area contributed by atoms with Crippen LogP contribution >= 0.6 is 15.9 Å². The summed E-state index contributed by atoms with van der Waals surface area (Å²) in [7, 11) is 1.46. The van der Waals surface area contributed by atoms with Gasteiger partial charge in [-0.3, -0.25) is 9.59 Å². The number of likely N-dealkylation sites (tertiary alicyclic amines) is 1. The maximum absolute atomic E-state index is 12.2. The Balaban J connectivity index is 2.15. The lowest BCUT2D eigenvalue weighted by Gasteiger charge is -2.23. The van der Waals surface area contributed by atoms with Gasteiger partial charge < -0.3 is 19.2 Å². The molecule has 0 aliphatic carbocycles. The zero-order chi connectivity index (χ0) is 14.0. The molecule has 6 nitrogen and oxygen atoms in total. The molecule has 1 N–H and O–H groups in total. The van der Waals surface area contributed by atoms with Gasteiger partial charge in [0.05, 0.1) is 17.3 Å². The van der Waals surface area contributed by atoms with Crippen molar-refractivity contribution in [3.8, 4) is 0 Å². The number of hydrogen-bond donors (Lipinski definition) is 1. The van der Waals surface area contributed by atoms with E-state index in [1.54, 1.807) is 6.07 Å². The van der Waals surface area contributed by atoms with Gasteiger partial charge in [0.1, 0.15) is 5.41 Å². The maximum atomic E-state index is 12.2. The molecule has 19 heavy (non-hydrogen) atoms. The summed E-state index contributed by atoms with van der Waals surface area (Å²) in [5, 5.41) is 9.33. The standard InChI is InChI=1S/C12H14BrNO5/c1-18-7-12(11(16)17)3-4-14(6-12)10(15)9-8(13)2-5-19-9/h2,5H,3-4,6-7H2,1H3,(H,16,17). The Labute approximate surface area is 118 Å². The number of furan rings is 1. The third kappa shape index (κ3) is 2.52. The summed E-state index contributed by atoms with van der Waals surface area (Å²) in [5.74, 6) is -1.06. The lowest BCUT2D eigenvalue weighted by Crippen LogP contribution is -2.40. The summed E-state index contributed by atoms with van der Waals surface area (Å²) >= 11 is 3.22. The average Bonchev–Trinajstić information content (AvgIpc) is 2.96. The van der Waals surface area contributed by atoms with E-state index in [0.29, 0.717) is 17.4 Å². The molecule has 2 heterocycles. The third-order valence-corrected chi connectivity index (χ3v) is 3.95. The lowest BCUT2D eigenvalue weighted by atomic mass is 9.88. The second kappa shape index (κ2) is 5.34. The first-order valence-electron chi connectivity index (χ1n) is 5.75. The molecule has 1 atom stereocenters. The van der Waals surface area contributed by atoms with Crippen LogP contribution in [0.4, 0.5) is 0 Å². The third-order valence-electron chi connectivity index (χ3n) is 3.33. The predicted octanol–water partition coefficient (Wildman–Crippen LogP) is 1.61. The number of amides is 1. The molecule has 1 amide bonds. The van der Waals surface area contributed by atoms with Crippen LogP contribution in [0.2, 0.25) is 0 Å². The van der Waals surface area contributed by atoms with E-state index in [2.05, 4.69) is 15.9 Å². The topological polar surface area (TPSA) is 80.0 Å². The Morgan fingerprint density at radius 3 is 2.89 bits per heavy atom. The Morgan fingerprint density at radius 1 is 1.63 bits per heavy atom. The van der Waals surface area contributed by atoms with Crippen molar-refractivity contribution in [2.75, 3.05) is 26.8 Å². The van der Waals surface area contributed by atoms with Crippen LogP contribution in [0.5, 0.6) is 0 Å². The van der Waals surface area contributed by atoms with Gasteiger partial charge in [-0.1, -0.05) is 0 Å². The van der Waals surface area contributed by atoms with Crippen LogP contribution in [0.25, 0.3) is 0 Å². The molecule has 2 rings (SSSR count). The van der Waals surface area contributed by atoms with Gasteiger partial charge in [-0.25, -0.2) is 0 Å². The van der Waals surface area contributed by atoms with Crippen molar-refractivity contribution in [2.45, 2.75) is 6.42 Å². The smallest absolute Gasteiger partial charge is 0.313 e. The van der Waals surface area contributed by atoms with Crippen LogP contribution < -0.4 is 0 Å². The summed E-state index contributed by atoms with van der Waals surface area (Å²) in [6.45, 7) is 0.592. The van der Waals surface area contributed by atoms with Crippen molar-refractivity contribution in [3.05, 3.63) is 22.6 Å². The number of methoxy groups -OCH3 is 1. The van der Waals surface area contributed by atoms with Gasteiger partial charge in [0, 0.05) is 20.2 Å². The summed E-state index contributed by atoms with van der Waals surface area (Å²) in [5.41, 5.74) is -1.02. The fraction of sp³-hybridized carbons (Fsp3) is 0.500. The van der Waals surface area contributed by atoms with Gasteiger partial charge in [0.15, 0.2) is 0 Å². The highest BCUT2D eigenvalue weighted by atomic mass is 79.9. The van der Waals surface area contributed by atoms with Crippen LogP contribution in [0.15, 0.2) is 21.2 Å². The largest absolute Gasteiger partial charge is 0.481 e. The zero-order valence-electron chi connectivity index (χ0n) is 10.4. The van der Waals surface area contributed by atoms with Crippen molar-refractivity contribution in [1.29, 1.82) is 0 Å². The van der Waals surface area contributed by atoms with Crippen molar-refractivity contribution in [1.82, 2.24) is 4.90 Å². The Hall–Kier alpha value is -1.34. The molecule has 0 spiro atoms. The molecule has 1 aliphatic heterocycles. The van der Waals surface area contributed by atoms with Gasteiger partial charge in [0.2, 0.25) is 5.76 Å². The highest BCUT2D eigenvalue weighted by Crippen LogP contribution is 2.33. The summed E-state index contributed by atoms with van der Waals surface area (Å²) in [6.07, 6.45) is 1.78. The first kappa shape index (κ1) is 14.1. The van der Waals surface area contributed by atoms with E-state index >= 15 is 0 Å². The van der Waals surface area contributed by atoms with Gasteiger partial charge in [-0.2, -0.15) is 0 Å². The molecule has 1 unspecified atom stereocenters. The molecule has 0 aromatic carbocycles. The van der Waals surface area contributed by atoms with Crippen molar-refractivity contribution >= 4 is 27.8 Å².